The molecule has 152 valence electrons. The number of carbonyl (C=O) groups is 1. The van der Waals surface area contributed by atoms with Crippen molar-refractivity contribution in [2.75, 3.05) is 16.8 Å². The van der Waals surface area contributed by atoms with Gasteiger partial charge in [-0.05, 0) is 43.9 Å². The van der Waals surface area contributed by atoms with Crippen LogP contribution in [0.2, 0.25) is 0 Å². The Morgan fingerprint density at radius 1 is 1.34 bits per heavy atom. The highest BCUT2D eigenvalue weighted by Crippen LogP contribution is 2.31. The topological polar surface area (TPSA) is 99.9 Å². The summed E-state index contributed by atoms with van der Waals surface area (Å²) in [7, 11) is 0. The molecule has 0 fully saturated rings. The number of anilines is 2. The molecule has 29 heavy (non-hydrogen) atoms. The normalized spacial score (nSPS) is 13.6. The zero-order valence-corrected chi connectivity index (χ0v) is 16.0. The Balaban J connectivity index is 1.56. The standard InChI is InChI=1S/C19H20F2N6O2/c1-10-6-15-13(23-18(10)24-19(28)16-11(2)8-22-25-16)4-3-5-27(15)9-12-7-14(17(20)21)26-29-12/h6-8,17H,3-5,9H2,1-2H3,(H,22,25)(H,23,24,28). The largest absolute Gasteiger partial charge is 0.362 e. The third-order valence-electron chi connectivity index (χ3n) is 4.89. The smallest absolute Gasteiger partial charge is 0.283 e. The van der Waals surface area contributed by atoms with Gasteiger partial charge in [-0.2, -0.15) is 5.10 Å². The minimum atomic E-state index is -2.66. The van der Waals surface area contributed by atoms with Gasteiger partial charge < -0.3 is 14.7 Å². The lowest BCUT2D eigenvalue weighted by Crippen LogP contribution is -2.30. The minimum absolute atomic E-state index is 0.301. The van der Waals surface area contributed by atoms with E-state index in [-0.39, 0.29) is 11.6 Å². The van der Waals surface area contributed by atoms with E-state index in [1.807, 2.05) is 17.9 Å². The molecule has 10 heteroatoms. The van der Waals surface area contributed by atoms with E-state index in [4.69, 9.17) is 4.52 Å². The minimum Gasteiger partial charge on any atom is -0.362 e. The molecule has 0 bridgehead atoms. The van der Waals surface area contributed by atoms with Gasteiger partial charge in [-0.25, -0.2) is 13.8 Å². The van der Waals surface area contributed by atoms with Crippen LogP contribution >= 0.6 is 0 Å². The molecule has 2 N–H and O–H groups in total. The zero-order valence-electron chi connectivity index (χ0n) is 16.0. The molecule has 8 nitrogen and oxygen atoms in total. The van der Waals surface area contributed by atoms with Crippen molar-refractivity contribution in [2.45, 2.75) is 39.7 Å². The van der Waals surface area contributed by atoms with Crippen molar-refractivity contribution >= 4 is 17.4 Å². The lowest BCUT2D eigenvalue weighted by molar-refractivity contribution is 0.102. The molecule has 1 aliphatic rings. The Bertz CT molecular complexity index is 1050. The second kappa shape index (κ2) is 7.61. The van der Waals surface area contributed by atoms with E-state index < -0.39 is 6.43 Å². The van der Waals surface area contributed by atoms with Crippen molar-refractivity contribution in [1.29, 1.82) is 0 Å². The zero-order chi connectivity index (χ0) is 20.5. The Hall–Kier alpha value is -3.30. The summed E-state index contributed by atoms with van der Waals surface area (Å²) in [6.45, 7) is 4.73. The fourth-order valence-corrected chi connectivity index (χ4v) is 3.38. The van der Waals surface area contributed by atoms with Crippen LogP contribution in [0, 0.1) is 13.8 Å². The van der Waals surface area contributed by atoms with Crippen molar-refractivity contribution in [3.8, 4) is 0 Å². The van der Waals surface area contributed by atoms with Gasteiger partial charge in [0.25, 0.3) is 12.3 Å². The lowest BCUT2D eigenvalue weighted by atomic mass is 10.1. The van der Waals surface area contributed by atoms with E-state index in [0.29, 0.717) is 23.8 Å². The van der Waals surface area contributed by atoms with Gasteiger partial charge in [0.2, 0.25) is 0 Å². The van der Waals surface area contributed by atoms with Crippen molar-refractivity contribution in [1.82, 2.24) is 20.3 Å². The molecule has 0 spiro atoms. The Labute approximate surface area is 165 Å². The number of pyridine rings is 1. The summed E-state index contributed by atoms with van der Waals surface area (Å²) in [5, 5.41) is 12.8. The van der Waals surface area contributed by atoms with Crippen LogP contribution in [0.5, 0.6) is 0 Å². The summed E-state index contributed by atoms with van der Waals surface area (Å²) in [6, 6.07) is 3.22. The van der Waals surface area contributed by atoms with Gasteiger partial charge in [0.1, 0.15) is 17.2 Å². The summed E-state index contributed by atoms with van der Waals surface area (Å²) < 4.78 is 30.5. The van der Waals surface area contributed by atoms with Crippen molar-refractivity contribution in [2.24, 2.45) is 0 Å². The van der Waals surface area contributed by atoms with Gasteiger partial charge in [-0.1, -0.05) is 5.16 Å². The summed E-state index contributed by atoms with van der Waals surface area (Å²) in [5.41, 5.74) is 3.32. The van der Waals surface area contributed by atoms with E-state index in [1.54, 1.807) is 13.1 Å². The number of aromatic nitrogens is 4. The number of nitrogens with zero attached hydrogens (tertiary/aromatic N) is 4. The average molecular weight is 402 g/mol. The highest BCUT2D eigenvalue weighted by Gasteiger charge is 2.23. The van der Waals surface area contributed by atoms with Gasteiger partial charge in [-0.15, -0.1) is 0 Å². The number of carbonyl (C=O) groups excluding carboxylic acids is 1. The van der Waals surface area contributed by atoms with Crippen LogP contribution in [0.3, 0.4) is 0 Å². The first-order valence-corrected chi connectivity index (χ1v) is 9.23. The van der Waals surface area contributed by atoms with E-state index in [2.05, 4.69) is 25.7 Å². The third kappa shape index (κ3) is 3.82. The number of hydrogen-bond acceptors (Lipinski definition) is 6. The summed E-state index contributed by atoms with van der Waals surface area (Å²) in [4.78, 5) is 19.1. The second-order valence-electron chi connectivity index (χ2n) is 7.05. The predicted octanol–water partition coefficient (Wildman–Crippen LogP) is 3.55. The third-order valence-corrected chi connectivity index (χ3v) is 4.89. The quantitative estimate of drug-likeness (QED) is 0.677. The Kier molecular flexibility index (Phi) is 4.99. The molecule has 4 rings (SSSR count). The number of aryl methyl sites for hydroxylation is 3. The van der Waals surface area contributed by atoms with Crippen LogP contribution in [0.25, 0.3) is 0 Å². The molecule has 0 unspecified atom stereocenters. The van der Waals surface area contributed by atoms with E-state index >= 15 is 0 Å². The highest BCUT2D eigenvalue weighted by molar-refractivity contribution is 6.03. The van der Waals surface area contributed by atoms with E-state index in [9.17, 15) is 13.6 Å². The average Bonchev–Trinajstić information content (AvgIpc) is 3.32. The molecule has 3 aromatic rings. The van der Waals surface area contributed by atoms with Gasteiger partial charge in [-0.3, -0.25) is 9.89 Å². The number of rotatable bonds is 5. The maximum atomic E-state index is 12.7. The molecular weight excluding hydrogens is 382 g/mol. The summed E-state index contributed by atoms with van der Waals surface area (Å²) in [6.07, 6.45) is 0.542. The highest BCUT2D eigenvalue weighted by atomic mass is 19.3. The van der Waals surface area contributed by atoms with Crippen molar-refractivity contribution < 1.29 is 18.1 Å². The van der Waals surface area contributed by atoms with Gasteiger partial charge in [0.15, 0.2) is 5.76 Å². The number of aromatic amines is 1. The fourth-order valence-electron chi connectivity index (χ4n) is 3.38. The maximum Gasteiger partial charge on any atom is 0.283 e. The molecule has 1 aliphatic heterocycles. The SMILES string of the molecule is Cc1cc2c(nc1NC(=O)c1[nH]ncc1C)CCCN2Cc1cc(C(F)F)no1. The number of nitrogens with one attached hydrogen (secondary N) is 2. The first kappa shape index (κ1) is 19.0. The van der Waals surface area contributed by atoms with Gasteiger partial charge >= 0.3 is 0 Å². The number of halogens is 2. The molecule has 0 atom stereocenters. The molecule has 0 radical (unpaired) electrons. The molecule has 0 saturated heterocycles. The molecule has 4 heterocycles. The molecule has 3 aromatic heterocycles. The van der Waals surface area contributed by atoms with Gasteiger partial charge in [0, 0.05) is 12.6 Å². The summed E-state index contributed by atoms with van der Waals surface area (Å²) in [5.74, 6) is 0.562. The van der Waals surface area contributed by atoms with Crippen LogP contribution in [-0.2, 0) is 13.0 Å². The van der Waals surface area contributed by atoms with Crippen LogP contribution in [0.15, 0.2) is 22.9 Å². The van der Waals surface area contributed by atoms with E-state index in [0.717, 1.165) is 41.9 Å². The molecular formula is C19H20F2N6O2. The first-order chi connectivity index (χ1) is 13.9. The fraction of sp³-hybridized carbons (Fsp3) is 0.368. The number of amides is 1. The number of H-pyrrole nitrogens is 1. The lowest BCUT2D eigenvalue weighted by Gasteiger charge is -2.30. The van der Waals surface area contributed by atoms with Crippen LogP contribution in [0.1, 0.15) is 51.6 Å². The van der Waals surface area contributed by atoms with Gasteiger partial charge in [0.05, 0.1) is 24.1 Å². The van der Waals surface area contributed by atoms with E-state index in [1.165, 1.54) is 6.07 Å². The summed E-state index contributed by atoms with van der Waals surface area (Å²) >= 11 is 0. The van der Waals surface area contributed by atoms with Crippen molar-refractivity contribution in [3.63, 3.8) is 0 Å². The number of fused-ring (bicyclic) bond motifs is 1. The Morgan fingerprint density at radius 3 is 2.86 bits per heavy atom. The molecule has 1 amide bonds. The number of hydrogen-bond donors (Lipinski definition) is 2. The monoisotopic (exact) mass is 402 g/mol. The van der Waals surface area contributed by atoms with Crippen LogP contribution in [0.4, 0.5) is 20.3 Å². The van der Waals surface area contributed by atoms with Crippen LogP contribution in [-0.4, -0.2) is 32.8 Å². The second-order valence-corrected chi connectivity index (χ2v) is 7.05. The van der Waals surface area contributed by atoms with Crippen LogP contribution < -0.4 is 10.2 Å². The molecule has 0 saturated carbocycles. The first-order valence-electron chi connectivity index (χ1n) is 9.23. The maximum absolute atomic E-state index is 12.7. The Morgan fingerprint density at radius 2 is 2.17 bits per heavy atom. The molecule has 0 aliphatic carbocycles. The number of alkyl halides is 2. The molecule has 0 aromatic carbocycles. The van der Waals surface area contributed by atoms with Crippen molar-refractivity contribution in [3.05, 3.63) is 52.3 Å². The predicted molar refractivity (Wildman–Crippen MR) is 101 cm³/mol.